The monoisotopic (exact) mass is 531 g/mol. The number of guanidine groups is 1. The number of nitrogens with one attached hydrogen (secondary N) is 2. The lowest BCUT2D eigenvalue weighted by Crippen LogP contribution is -2.49. The largest absolute Gasteiger partial charge is 0.357 e. The SMILES string of the molecule is CCNC(=NCCS(=O)(=O)N1CCSCC1)NC1CCN(C2CC2)CC1.I. The number of hydrogen-bond donors (Lipinski definition) is 2. The lowest BCUT2D eigenvalue weighted by atomic mass is 10.1. The number of halogens is 1. The zero-order valence-electron chi connectivity index (χ0n) is 16.2. The number of rotatable bonds is 7. The maximum absolute atomic E-state index is 12.4. The molecule has 0 bridgehead atoms. The standard InChI is InChI=1S/C17H33N5O2S2.HI/c1-2-18-17(20-15-5-8-21(9-6-15)16-3-4-16)19-7-14-26(23,24)22-10-12-25-13-11-22;/h15-16H,2-14H2,1H3,(H2,18,19,20);1H. The van der Waals surface area contributed by atoms with E-state index in [1.54, 1.807) is 4.31 Å². The topological polar surface area (TPSA) is 77.0 Å². The summed E-state index contributed by atoms with van der Waals surface area (Å²) in [6.45, 7) is 6.70. The van der Waals surface area contributed by atoms with E-state index in [4.69, 9.17) is 0 Å². The van der Waals surface area contributed by atoms with Crippen LogP contribution in [0.4, 0.5) is 0 Å². The smallest absolute Gasteiger partial charge is 0.215 e. The fourth-order valence-electron chi connectivity index (χ4n) is 3.59. The Labute approximate surface area is 185 Å². The third-order valence-electron chi connectivity index (χ3n) is 5.26. The van der Waals surface area contributed by atoms with Gasteiger partial charge in [-0.1, -0.05) is 0 Å². The van der Waals surface area contributed by atoms with Crippen molar-refractivity contribution in [3.05, 3.63) is 0 Å². The molecule has 2 aliphatic heterocycles. The van der Waals surface area contributed by atoms with Crippen molar-refractivity contribution in [2.75, 3.05) is 56.5 Å². The zero-order chi connectivity index (χ0) is 18.4. The number of likely N-dealkylation sites (tertiary alicyclic amines) is 1. The van der Waals surface area contributed by atoms with Crippen LogP contribution in [0, 0.1) is 0 Å². The first kappa shape index (κ1) is 23.5. The molecule has 3 aliphatic rings. The van der Waals surface area contributed by atoms with Crippen molar-refractivity contribution in [3.8, 4) is 0 Å². The van der Waals surface area contributed by atoms with Gasteiger partial charge in [-0.15, -0.1) is 24.0 Å². The predicted molar refractivity (Wildman–Crippen MR) is 125 cm³/mol. The van der Waals surface area contributed by atoms with E-state index in [1.165, 1.54) is 12.8 Å². The molecule has 1 aliphatic carbocycles. The molecule has 3 rings (SSSR count). The van der Waals surface area contributed by atoms with Gasteiger partial charge in [0, 0.05) is 56.3 Å². The molecule has 0 atom stereocenters. The van der Waals surface area contributed by atoms with E-state index in [1.807, 2.05) is 18.7 Å². The summed E-state index contributed by atoms with van der Waals surface area (Å²) in [6.07, 6.45) is 4.99. The van der Waals surface area contributed by atoms with Crippen molar-refractivity contribution in [1.82, 2.24) is 19.8 Å². The van der Waals surface area contributed by atoms with Crippen LogP contribution in [-0.4, -0.2) is 92.2 Å². The highest BCUT2D eigenvalue weighted by molar-refractivity contribution is 14.0. The van der Waals surface area contributed by atoms with Crippen LogP contribution in [0.15, 0.2) is 4.99 Å². The number of hydrogen-bond acceptors (Lipinski definition) is 5. The van der Waals surface area contributed by atoms with Crippen LogP contribution in [0.2, 0.25) is 0 Å². The van der Waals surface area contributed by atoms with Gasteiger partial charge < -0.3 is 15.5 Å². The molecule has 2 saturated heterocycles. The average Bonchev–Trinajstić information content (AvgIpc) is 3.48. The lowest BCUT2D eigenvalue weighted by Gasteiger charge is -2.33. The molecule has 27 heavy (non-hydrogen) atoms. The van der Waals surface area contributed by atoms with Crippen molar-refractivity contribution < 1.29 is 8.42 Å². The summed E-state index contributed by atoms with van der Waals surface area (Å²) in [4.78, 5) is 7.13. The highest BCUT2D eigenvalue weighted by Gasteiger charge is 2.32. The van der Waals surface area contributed by atoms with Gasteiger partial charge in [-0.25, -0.2) is 12.7 Å². The number of sulfonamides is 1. The Bertz CT molecular complexity index is 572. The van der Waals surface area contributed by atoms with Crippen LogP contribution in [0.1, 0.15) is 32.6 Å². The van der Waals surface area contributed by atoms with Gasteiger partial charge >= 0.3 is 0 Å². The second-order valence-corrected chi connectivity index (χ2v) is 10.6. The minimum Gasteiger partial charge on any atom is -0.357 e. The third-order valence-corrected chi connectivity index (χ3v) is 8.05. The number of piperidine rings is 1. The van der Waals surface area contributed by atoms with E-state index < -0.39 is 10.0 Å². The molecule has 0 amide bonds. The summed E-state index contributed by atoms with van der Waals surface area (Å²) in [7, 11) is -3.19. The highest BCUT2D eigenvalue weighted by Crippen LogP contribution is 2.29. The molecule has 7 nitrogen and oxygen atoms in total. The van der Waals surface area contributed by atoms with Gasteiger partial charge in [-0.3, -0.25) is 4.99 Å². The number of aliphatic imine (C=N–C) groups is 1. The molecule has 0 aromatic carbocycles. The molecule has 0 aromatic rings. The summed E-state index contributed by atoms with van der Waals surface area (Å²) < 4.78 is 26.5. The quantitative estimate of drug-likeness (QED) is 0.292. The minimum atomic E-state index is -3.19. The summed E-state index contributed by atoms with van der Waals surface area (Å²) in [5.41, 5.74) is 0. The molecule has 2 heterocycles. The molecule has 0 spiro atoms. The maximum Gasteiger partial charge on any atom is 0.215 e. The minimum absolute atomic E-state index is 0. The third kappa shape index (κ3) is 7.52. The maximum atomic E-state index is 12.4. The van der Waals surface area contributed by atoms with Gasteiger partial charge in [0.2, 0.25) is 10.0 Å². The van der Waals surface area contributed by atoms with Crippen molar-refractivity contribution in [2.24, 2.45) is 4.99 Å². The van der Waals surface area contributed by atoms with Crippen LogP contribution in [0.3, 0.4) is 0 Å². The molecule has 0 unspecified atom stereocenters. The Hall–Kier alpha value is 0.220. The molecule has 0 radical (unpaired) electrons. The lowest BCUT2D eigenvalue weighted by molar-refractivity contribution is 0.197. The molecule has 158 valence electrons. The van der Waals surface area contributed by atoms with E-state index >= 15 is 0 Å². The van der Waals surface area contributed by atoms with Crippen LogP contribution < -0.4 is 10.6 Å². The summed E-state index contributed by atoms with van der Waals surface area (Å²) >= 11 is 1.82. The Kier molecular flexibility index (Phi) is 9.94. The first-order valence-corrected chi connectivity index (χ1v) is 12.7. The van der Waals surface area contributed by atoms with Gasteiger partial charge in [0.05, 0.1) is 12.3 Å². The molecule has 3 fully saturated rings. The molecule has 2 N–H and O–H groups in total. The van der Waals surface area contributed by atoms with Crippen LogP contribution in [0.25, 0.3) is 0 Å². The van der Waals surface area contributed by atoms with E-state index in [0.717, 1.165) is 56.0 Å². The van der Waals surface area contributed by atoms with Crippen molar-refractivity contribution in [2.45, 2.75) is 44.7 Å². The predicted octanol–water partition coefficient (Wildman–Crippen LogP) is 1.16. The summed E-state index contributed by atoms with van der Waals surface area (Å²) in [6, 6.07) is 1.27. The van der Waals surface area contributed by atoms with E-state index in [-0.39, 0.29) is 29.7 Å². The van der Waals surface area contributed by atoms with Gasteiger partial charge in [0.25, 0.3) is 0 Å². The van der Waals surface area contributed by atoms with E-state index in [0.29, 0.717) is 25.7 Å². The van der Waals surface area contributed by atoms with E-state index in [9.17, 15) is 8.42 Å². The Morgan fingerprint density at radius 3 is 2.37 bits per heavy atom. The first-order chi connectivity index (χ1) is 12.6. The second kappa shape index (κ2) is 11.4. The van der Waals surface area contributed by atoms with Crippen LogP contribution in [-0.2, 0) is 10.0 Å². The van der Waals surface area contributed by atoms with Crippen LogP contribution in [0.5, 0.6) is 0 Å². The molecular weight excluding hydrogens is 497 g/mol. The summed E-state index contributed by atoms with van der Waals surface area (Å²) in [5, 5.41) is 6.76. The molecular formula is C17H34IN5O2S2. The average molecular weight is 532 g/mol. The normalized spacial score (nSPS) is 23.7. The highest BCUT2D eigenvalue weighted by atomic mass is 127. The van der Waals surface area contributed by atoms with Gasteiger partial charge in [-0.05, 0) is 32.6 Å². The van der Waals surface area contributed by atoms with E-state index in [2.05, 4.69) is 20.5 Å². The first-order valence-electron chi connectivity index (χ1n) is 9.93. The van der Waals surface area contributed by atoms with Gasteiger partial charge in [-0.2, -0.15) is 11.8 Å². The molecule has 0 aromatic heterocycles. The summed E-state index contributed by atoms with van der Waals surface area (Å²) in [5.74, 6) is 2.63. The van der Waals surface area contributed by atoms with Crippen LogP contribution >= 0.6 is 35.7 Å². The zero-order valence-corrected chi connectivity index (χ0v) is 20.2. The fraction of sp³-hybridized carbons (Fsp3) is 0.941. The number of nitrogens with zero attached hydrogens (tertiary/aromatic N) is 3. The van der Waals surface area contributed by atoms with Crippen molar-refractivity contribution in [3.63, 3.8) is 0 Å². The Morgan fingerprint density at radius 2 is 1.78 bits per heavy atom. The van der Waals surface area contributed by atoms with Gasteiger partial charge in [0.1, 0.15) is 0 Å². The Balaban J connectivity index is 0.00000261. The molecule has 10 heteroatoms. The number of thioether (sulfide) groups is 1. The molecule has 1 saturated carbocycles. The second-order valence-electron chi connectivity index (χ2n) is 7.27. The Morgan fingerprint density at radius 1 is 1.11 bits per heavy atom. The van der Waals surface area contributed by atoms with Crippen molar-refractivity contribution in [1.29, 1.82) is 0 Å². The fourth-order valence-corrected chi connectivity index (χ4v) is 6.04. The van der Waals surface area contributed by atoms with Crippen molar-refractivity contribution >= 4 is 51.7 Å². The van der Waals surface area contributed by atoms with Gasteiger partial charge in [0.15, 0.2) is 5.96 Å².